The van der Waals surface area contributed by atoms with Crippen LogP contribution in [0.2, 0.25) is 0 Å². The van der Waals surface area contributed by atoms with Gasteiger partial charge in [-0.05, 0) is 48.0 Å². The summed E-state index contributed by atoms with van der Waals surface area (Å²) in [5.74, 6) is -0.111. The van der Waals surface area contributed by atoms with Crippen molar-refractivity contribution < 1.29 is 4.79 Å². The molecule has 0 aromatic heterocycles. The number of Topliss-reactive ketones (excluding diaryl/α,β-unsaturated/α-hetero) is 1. The molecule has 0 amide bonds. The van der Waals surface area contributed by atoms with Crippen LogP contribution < -0.4 is 5.43 Å². The fourth-order valence-corrected chi connectivity index (χ4v) is 5.06. The van der Waals surface area contributed by atoms with Crippen LogP contribution >= 0.6 is 0 Å². The van der Waals surface area contributed by atoms with Crippen molar-refractivity contribution in [2.45, 2.75) is 0 Å². The van der Waals surface area contributed by atoms with E-state index < -0.39 is 0 Å². The molecule has 0 radical (unpaired) electrons. The van der Waals surface area contributed by atoms with Gasteiger partial charge < -0.3 is 0 Å². The van der Waals surface area contributed by atoms with Gasteiger partial charge in [-0.2, -0.15) is 10.2 Å². The molecule has 6 aromatic carbocycles. The Labute approximate surface area is 247 Å². The first-order valence-corrected chi connectivity index (χ1v) is 13.8. The van der Waals surface area contributed by atoms with Gasteiger partial charge in [0.05, 0.1) is 28.4 Å². The number of nitrogens with one attached hydrogen (secondary N) is 1. The van der Waals surface area contributed by atoms with Crippen LogP contribution in [0.25, 0.3) is 27.6 Å². The number of hydrogen-bond acceptors (Lipinski definition) is 7. The number of ketones is 1. The van der Waals surface area contributed by atoms with E-state index in [4.69, 9.17) is 0 Å². The molecule has 204 valence electrons. The quantitative estimate of drug-likeness (QED) is 0.163. The molecule has 0 heterocycles. The minimum Gasteiger partial charge on any atom is -0.287 e. The zero-order chi connectivity index (χ0) is 29.0. The average molecular weight is 557 g/mol. The van der Waals surface area contributed by atoms with Crippen molar-refractivity contribution in [2.75, 3.05) is 5.43 Å². The molecule has 6 aromatic rings. The van der Waals surface area contributed by atoms with Crippen molar-refractivity contribution in [1.29, 1.82) is 0 Å². The first-order chi connectivity index (χ1) is 21.2. The van der Waals surface area contributed by atoms with Crippen molar-refractivity contribution >= 4 is 67.6 Å². The summed E-state index contributed by atoms with van der Waals surface area (Å²) in [5, 5.41) is 26.3. The highest BCUT2D eigenvalue weighted by molar-refractivity contribution is 6.52. The molecule has 7 nitrogen and oxygen atoms in total. The third kappa shape index (κ3) is 5.23. The van der Waals surface area contributed by atoms with Gasteiger partial charge in [-0.1, -0.05) is 97.1 Å². The van der Waals surface area contributed by atoms with Crippen molar-refractivity contribution in [3.8, 4) is 0 Å². The lowest BCUT2D eigenvalue weighted by Gasteiger charge is -2.12. The van der Waals surface area contributed by atoms with E-state index in [2.05, 4.69) is 31.0 Å². The molecule has 7 rings (SSSR count). The lowest BCUT2D eigenvalue weighted by Crippen LogP contribution is -2.18. The largest absolute Gasteiger partial charge is 0.287 e. The summed E-state index contributed by atoms with van der Waals surface area (Å²) >= 11 is 0. The number of rotatable bonds is 6. The van der Waals surface area contributed by atoms with Gasteiger partial charge in [0.15, 0.2) is 0 Å². The molecule has 1 aliphatic rings. The Morgan fingerprint density at radius 1 is 0.465 bits per heavy atom. The lowest BCUT2D eigenvalue weighted by atomic mass is 9.95. The molecule has 0 atom stereocenters. The monoisotopic (exact) mass is 556 g/mol. The summed E-state index contributed by atoms with van der Waals surface area (Å²) in [6, 6.07) is 40.6. The molecule has 0 spiro atoms. The number of benzene rings is 6. The van der Waals surface area contributed by atoms with Crippen molar-refractivity contribution in [2.24, 2.45) is 25.6 Å². The molecule has 43 heavy (non-hydrogen) atoms. The maximum Gasteiger partial charge on any atom is 0.213 e. The second-order valence-electron chi connectivity index (χ2n) is 9.92. The van der Waals surface area contributed by atoms with Crippen LogP contribution in [-0.2, 0) is 0 Å². The molecule has 1 N–H and O–H groups in total. The van der Waals surface area contributed by atoms with Crippen LogP contribution in [0.3, 0.4) is 0 Å². The van der Waals surface area contributed by atoms with Crippen molar-refractivity contribution in [1.82, 2.24) is 0 Å². The number of nitrogens with zero attached hydrogens (tertiary/aromatic N) is 5. The average Bonchev–Trinajstić information content (AvgIpc) is 3.07. The Morgan fingerprint density at radius 2 is 1.00 bits per heavy atom. The summed E-state index contributed by atoms with van der Waals surface area (Å²) in [7, 11) is 0. The fourth-order valence-electron chi connectivity index (χ4n) is 5.06. The highest BCUT2D eigenvalue weighted by atomic mass is 16.1. The molecule has 0 fully saturated rings. The molecule has 0 bridgehead atoms. The Kier molecular flexibility index (Phi) is 6.87. The van der Waals surface area contributed by atoms with E-state index in [1.807, 2.05) is 133 Å². The zero-order valence-corrected chi connectivity index (χ0v) is 22.9. The fraction of sp³-hybridized carbons (Fsp3) is 0. The standard InChI is InChI=1S/C36H24N6O/c43-36-26-13-5-4-10-24(26)18-19-35(36)42-41-34-23-22-33(29-16-8-9-17-30(29)34)40-39-32-21-20-31(27-14-6-7-15-28(27)32)38-37-25-11-2-1-3-12-25/h1-23,41H/b38-37-,40-39+,42-35-. The van der Waals surface area contributed by atoms with E-state index in [-0.39, 0.29) is 5.78 Å². The van der Waals surface area contributed by atoms with Crippen LogP contribution in [-0.4, -0.2) is 11.5 Å². The van der Waals surface area contributed by atoms with Crippen LogP contribution in [0.15, 0.2) is 159 Å². The second kappa shape index (κ2) is 11.4. The Hall–Kier alpha value is -6.08. The van der Waals surface area contributed by atoms with Gasteiger partial charge in [0.2, 0.25) is 5.78 Å². The van der Waals surface area contributed by atoms with Gasteiger partial charge in [0, 0.05) is 27.1 Å². The summed E-state index contributed by atoms with van der Waals surface area (Å²) in [5.41, 5.74) is 8.75. The molecule has 0 aliphatic heterocycles. The van der Waals surface area contributed by atoms with Crippen LogP contribution in [0, 0.1) is 0 Å². The molecular formula is C36H24N6O. The van der Waals surface area contributed by atoms with Gasteiger partial charge in [-0.3, -0.25) is 10.2 Å². The van der Waals surface area contributed by atoms with E-state index >= 15 is 0 Å². The highest BCUT2D eigenvalue weighted by Gasteiger charge is 2.19. The number of fused-ring (bicyclic) bond motifs is 3. The van der Waals surface area contributed by atoms with E-state index in [1.54, 1.807) is 6.08 Å². The van der Waals surface area contributed by atoms with E-state index in [9.17, 15) is 4.79 Å². The number of allylic oxidation sites excluding steroid dienone is 1. The second-order valence-corrected chi connectivity index (χ2v) is 9.92. The van der Waals surface area contributed by atoms with E-state index in [0.717, 1.165) is 49.9 Å². The maximum atomic E-state index is 12.9. The van der Waals surface area contributed by atoms with Crippen molar-refractivity contribution in [3.63, 3.8) is 0 Å². The molecule has 0 unspecified atom stereocenters. The molecule has 1 aliphatic carbocycles. The maximum absolute atomic E-state index is 12.9. The smallest absolute Gasteiger partial charge is 0.213 e. The lowest BCUT2D eigenvalue weighted by molar-refractivity contribution is 0.106. The first kappa shape index (κ1) is 25.9. The molecular weight excluding hydrogens is 532 g/mol. The predicted molar refractivity (Wildman–Crippen MR) is 174 cm³/mol. The summed E-state index contributed by atoms with van der Waals surface area (Å²) in [4.78, 5) is 12.9. The summed E-state index contributed by atoms with van der Waals surface area (Å²) in [6.45, 7) is 0. The SMILES string of the molecule is O=C1/C(=N\Nc2ccc(/N=N/c3ccc(/N=N\c4ccccc4)c4ccccc34)c3ccccc23)C=Cc2ccccc21. The summed E-state index contributed by atoms with van der Waals surface area (Å²) < 4.78 is 0. The number of hydrazone groups is 1. The van der Waals surface area contributed by atoms with Gasteiger partial charge in [-0.25, -0.2) is 0 Å². The number of carbonyl (C=O) groups is 1. The van der Waals surface area contributed by atoms with Gasteiger partial charge >= 0.3 is 0 Å². The minimum absolute atomic E-state index is 0.111. The molecule has 7 heteroatoms. The highest BCUT2D eigenvalue weighted by Crippen LogP contribution is 2.37. The number of hydrogen-bond donors (Lipinski definition) is 1. The first-order valence-electron chi connectivity index (χ1n) is 13.8. The van der Waals surface area contributed by atoms with Crippen LogP contribution in [0.1, 0.15) is 15.9 Å². The van der Waals surface area contributed by atoms with E-state index in [1.165, 1.54) is 0 Å². The molecule has 0 saturated heterocycles. The van der Waals surface area contributed by atoms with Crippen LogP contribution in [0.5, 0.6) is 0 Å². The normalized spacial score (nSPS) is 13.9. The molecule has 0 saturated carbocycles. The Morgan fingerprint density at radius 3 is 1.70 bits per heavy atom. The van der Waals surface area contributed by atoms with E-state index in [0.29, 0.717) is 17.0 Å². The van der Waals surface area contributed by atoms with Gasteiger partial charge in [0.1, 0.15) is 5.71 Å². The third-order valence-electron chi connectivity index (χ3n) is 7.23. The Bertz CT molecular complexity index is 2130. The van der Waals surface area contributed by atoms with Gasteiger partial charge in [0.25, 0.3) is 0 Å². The van der Waals surface area contributed by atoms with Gasteiger partial charge in [-0.15, -0.1) is 15.3 Å². The number of azo groups is 2. The van der Waals surface area contributed by atoms with Crippen LogP contribution in [0.4, 0.5) is 28.4 Å². The summed E-state index contributed by atoms with van der Waals surface area (Å²) in [6.07, 6.45) is 3.64. The topological polar surface area (TPSA) is 90.9 Å². The zero-order valence-electron chi connectivity index (χ0n) is 22.9. The predicted octanol–water partition coefficient (Wildman–Crippen LogP) is 10.5. The Balaban J connectivity index is 1.18. The third-order valence-corrected chi connectivity index (χ3v) is 7.23. The van der Waals surface area contributed by atoms with Crippen molar-refractivity contribution in [3.05, 3.63) is 145 Å². The number of carbonyl (C=O) groups excluding carboxylic acids is 1. The number of anilines is 1. The minimum atomic E-state index is -0.111.